The average Bonchev–Trinajstić information content (AvgIpc) is 2.46. The monoisotopic (exact) mass is 271 g/mol. The lowest BCUT2D eigenvalue weighted by Crippen LogP contribution is -2.02. The molecule has 1 N–H and O–H groups in total. The molecular formula is C15H13NO4. The molecule has 1 aromatic carbocycles. The number of carbonyl (C=O) groups is 2. The van der Waals surface area contributed by atoms with Crippen molar-refractivity contribution in [3.05, 3.63) is 58.9 Å². The normalized spacial score (nSPS) is 10.1. The second-order valence-electron chi connectivity index (χ2n) is 4.25. The number of carbonyl (C=O) groups excluding carboxylic acids is 1. The molecule has 1 aromatic heterocycles. The first-order chi connectivity index (χ1) is 9.60. The third-order valence-corrected chi connectivity index (χ3v) is 2.71. The third-order valence-electron chi connectivity index (χ3n) is 2.71. The summed E-state index contributed by atoms with van der Waals surface area (Å²) in [7, 11) is 0. The molecule has 20 heavy (non-hydrogen) atoms. The van der Waals surface area contributed by atoms with Crippen LogP contribution in [0, 0.1) is 6.92 Å². The number of aryl methyl sites for hydroxylation is 1. The Hall–Kier alpha value is -2.69. The van der Waals surface area contributed by atoms with Crippen molar-refractivity contribution < 1.29 is 19.4 Å². The van der Waals surface area contributed by atoms with Gasteiger partial charge in [-0.05, 0) is 36.8 Å². The Morgan fingerprint density at radius 2 is 2.15 bits per heavy atom. The molecule has 0 atom stereocenters. The topological polar surface area (TPSA) is 76.5 Å². The fourth-order valence-electron chi connectivity index (χ4n) is 1.73. The third kappa shape index (κ3) is 3.20. The van der Waals surface area contributed by atoms with E-state index in [4.69, 9.17) is 9.84 Å². The predicted octanol–water partition coefficient (Wildman–Crippen LogP) is 2.48. The number of aromatic nitrogens is 1. The number of hydrogen-bond acceptors (Lipinski definition) is 4. The Labute approximate surface area is 115 Å². The highest BCUT2D eigenvalue weighted by Crippen LogP contribution is 2.17. The van der Waals surface area contributed by atoms with Gasteiger partial charge in [0, 0.05) is 5.69 Å². The first-order valence-corrected chi connectivity index (χ1v) is 5.98. The number of carboxylic acids is 1. The summed E-state index contributed by atoms with van der Waals surface area (Å²) in [5.74, 6) is -0.608. The number of nitrogens with zero attached hydrogens (tertiary/aromatic N) is 1. The zero-order valence-corrected chi connectivity index (χ0v) is 10.9. The Morgan fingerprint density at radius 1 is 1.35 bits per heavy atom. The van der Waals surface area contributed by atoms with Crippen molar-refractivity contribution in [2.75, 3.05) is 0 Å². The van der Waals surface area contributed by atoms with Crippen molar-refractivity contribution in [1.29, 1.82) is 0 Å². The molecular weight excluding hydrogens is 258 g/mol. The van der Waals surface area contributed by atoms with E-state index in [1.807, 2.05) is 0 Å². The zero-order chi connectivity index (χ0) is 14.5. The fourth-order valence-corrected chi connectivity index (χ4v) is 1.73. The van der Waals surface area contributed by atoms with Gasteiger partial charge in [0.2, 0.25) is 0 Å². The van der Waals surface area contributed by atoms with E-state index in [0.717, 1.165) is 5.69 Å². The van der Waals surface area contributed by atoms with Crippen molar-refractivity contribution in [3.63, 3.8) is 0 Å². The minimum Gasteiger partial charge on any atom is -0.487 e. The van der Waals surface area contributed by atoms with Crippen molar-refractivity contribution in [2.24, 2.45) is 0 Å². The molecule has 102 valence electrons. The van der Waals surface area contributed by atoms with Crippen molar-refractivity contribution in [2.45, 2.75) is 13.5 Å². The Balaban J connectivity index is 2.14. The van der Waals surface area contributed by atoms with Crippen LogP contribution in [0.1, 0.15) is 32.1 Å². The van der Waals surface area contributed by atoms with Gasteiger partial charge in [-0.25, -0.2) is 9.78 Å². The van der Waals surface area contributed by atoms with Gasteiger partial charge in [-0.3, -0.25) is 4.79 Å². The molecule has 5 heteroatoms. The second kappa shape index (κ2) is 5.97. The summed E-state index contributed by atoms with van der Waals surface area (Å²) in [6.07, 6.45) is 0.635. The largest absolute Gasteiger partial charge is 0.487 e. The van der Waals surface area contributed by atoms with Gasteiger partial charge in [-0.2, -0.15) is 0 Å². The maximum absolute atomic E-state index is 10.9. The number of aromatic carboxylic acids is 1. The first-order valence-electron chi connectivity index (χ1n) is 5.98. The van der Waals surface area contributed by atoms with Gasteiger partial charge in [-0.15, -0.1) is 0 Å². The van der Waals surface area contributed by atoms with E-state index >= 15 is 0 Å². The quantitative estimate of drug-likeness (QED) is 0.845. The molecule has 0 fully saturated rings. The molecule has 0 aliphatic carbocycles. The number of pyridine rings is 1. The molecule has 0 bridgehead atoms. The van der Waals surface area contributed by atoms with E-state index in [1.165, 1.54) is 12.1 Å². The summed E-state index contributed by atoms with van der Waals surface area (Å²) < 4.78 is 5.52. The number of carboxylic acid groups (broad SMARTS) is 1. The van der Waals surface area contributed by atoms with E-state index < -0.39 is 5.97 Å². The lowest BCUT2D eigenvalue weighted by Gasteiger charge is -2.09. The molecule has 0 radical (unpaired) electrons. The van der Waals surface area contributed by atoms with E-state index in [0.29, 0.717) is 17.6 Å². The van der Waals surface area contributed by atoms with Gasteiger partial charge in [0.15, 0.2) is 6.29 Å². The maximum atomic E-state index is 10.9. The molecule has 0 amide bonds. The number of aldehydes is 1. The SMILES string of the molecule is Cc1ccc(OCc2cccc(C(=O)O)c2)c(C=O)n1. The highest BCUT2D eigenvalue weighted by Gasteiger charge is 2.07. The smallest absolute Gasteiger partial charge is 0.335 e. The first kappa shape index (κ1) is 13.7. The minimum absolute atomic E-state index is 0.173. The highest BCUT2D eigenvalue weighted by molar-refractivity contribution is 5.87. The Morgan fingerprint density at radius 3 is 2.85 bits per heavy atom. The fraction of sp³-hybridized carbons (Fsp3) is 0.133. The summed E-state index contributed by atoms with van der Waals surface area (Å²) in [6, 6.07) is 9.87. The Bertz CT molecular complexity index is 652. The molecule has 0 unspecified atom stereocenters. The van der Waals surface area contributed by atoms with E-state index in [-0.39, 0.29) is 17.9 Å². The molecule has 0 saturated heterocycles. The summed E-state index contributed by atoms with van der Waals surface area (Å²) >= 11 is 0. The molecule has 2 aromatic rings. The summed E-state index contributed by atoms with van der Waals surface area (Å²) in [4.78, 5) is 25.8. The van der Waals surface area contributed by atoms with Crippen LogP contribution < -0.4 is 4.74 Å². The van der Waals surface area contributed by atoms with Crippen LogP contribution in [0.15, 0.2) is 36.4 Å². The lowest BCUT2D eigenvalue weighted by atomic mass is 10.1. The average molecular weight is 271 g/mol. The predicted molar refractivity (Wildman–Crippen MR) is 72.1 cm³/mol. The molecule has 0 aliphatic rings. The summed E-state index contributed by atoms with van der Waals surface area (Å²) in [6.45, 7) is 1.96. The van der Waals surface area contributed by atoms with Crippen molar-refractivity contribution in [3.8, 4) is 5.75 Å². The van der Waals surface area contributed by atoms with Gasteiger partial charge in [0.1, 0.15) is 18.1 Å². The van der Waals surface area contributed by atoms with Crippen LogP contribution in [-0.4, -0.2) is 22.3 Å². The van der Waals surface area contributed by atoms with Crippen LogP contribution >= 0.6 is 0 Å². The van der Waals surface area contributed by atoms with Crippen LogP contribution in [0.25, 0.3) is 0 Å². The Kier molecular flexibility index (Phi) is 4.10. The van der Waals surface area contributed by atoms with Crippen molar-refractivity contribution >= 4 is 12.3 Å². The molecule has 0 saturated carbocycles. The number of rotatable bonds is 5. The van der Waals surface area contributed by atoms with Crippen LogP contribution in [0.3, 0.4) is 0 Å². The molecule has 0 spiro atoms. The lowest BCUT2D eigenvalue weighted by molar-refractivity contribution is 0.0696. The second-order valence-corrected chi connectivity index (χ2v) is 4.25. The van der Waals surface area contributed by atoms with Crippen LogP contribution in [0.5, 0.6) is 5.75 Å². The summed E-state index contributed by atoms with van der Waals surface area (Å²) in [5.41, 5.74) is 1.87. The van der Waals surface area contributed by atoms with E-state index in [1.54, 1.807) is 31.2 Å². The highest BCUT2D eigenvalue weighted by atomic mass is 16.5. The van der Waals surface area contributed by atoms with Gasteiger partial charge < -0.3 is 9.84 Å². The number of ether oxygens (including phenoxy) is 1. The van der Waals surface area contributed by atoms with Gasteiger partial charge in [-0.1, -0.05) is 12.1 Å². The van der Waals surface area contributed by atoms with Crippen molar-refractivity contribution in [1.82, 2.24) is 4.98 Å². The zero-order valence-electron chi connectivity index (χ0n) is 10.9. The number of hydrogen-bond donors (Lipinski definition) is 1. The molecule has 0 aliphatic heterocycles. The van der Waals surface area contributed by atoms with Crippen LogP contribution in [0.4, 0.5) is 0 Å². The van der Waals surface area contributed by atoms with Gasteiger partial charge in [0.05, 0.1) is 5.56 Å². The molecule has 5 nitrogen and oxygen atoms in total. The van der Waals surface area contributed by atoms with E-state index in [9.17, 15) is 9.59 Å². The molecule has 1 heterocycles. The van der Waals surface area contributed by atoms with Gasteiger partial charge >= 0.3 is 5.97 Å². The number of benzene rings is 1. The maximum Gasteiger partial charge on any atom is 0.335 e. The standard InChI is InChI=1S/C15H13NO4/c1-10-5-6-14(13(8-17)16-10)20-9-11-3-2-4-12(7-11)15(18)19/h2-8H,9H2,1H3,(H,18,19). The summed E-state index contributed by atoms with van der Waals surface area (Å²) in [5, 5.41) is 8.91. The van der Waals surface area contributed by atoms with Crippen LogP contribution in [0.2, 0.25) is 0 Å². The molecule has 2 rings (SSSR count). The van der Waals surface area contributed by atoms with Gasteiger partial charge in [0.25, 0.3) is 0 Å². The van der Waals surface area contributed by atoms with E-state index in [2.05, 4.69) is 4.98 Å². The van der Waals surface area contributed by atoms with Crippen LogP contribution in [-0.2, 0) is 6.61 Å². The minimum atomic E-state index is -0.988.